The summed E-state index contributed by atoms with van der Waals surface area (Å²) in [6.45, 7) is 0. The SMILES string of the molecule is O=C(Nc1ccccc1C(F)(F)F)C(O)(c1ccccc1)c1ccccc1. The van der Waals surface area contributed by atoms with Crippen LogP contribution >= 0.6 is 0 Å². The number of halogens is 3. The predicted octanol–water partition coefficient (Wildman–Crippen LogP) is 4.58. The number of carbonyl (C=O) groups excluding carboxylic acids is 1. The molecule has 1 amide bonds. The van der Waals surface area contributed by atoms with Crippen LogP contribution in [0.3, 0.4) is 0 Å². The number of hydrogen-bond acceptors (Lipinski definition) is 2. The molecule has 6 heteroatoms. The Morgan fingerprint density at radius 3 is 1.67 bits per heavy atom. The van der Waals surface area contributed by atoms with E-state index < -0.39 is 28.9 Å². The number of aliphatic hydroxyl groups is 1. The van der Waals surface area contributed by atoms with Crippen molar-refractivity contribution in [2.24, 2.45) is 0 Å². The molecule has 0 aliphatic heterocycles. The van der Waals surface area contributed by atoms with Crippen molar-refractivity contribution in [1.82, 2.24) is 0 Å². The number of carbonyl (C=O) groups is 1. The number of benzene rings is 3. The first-order chi connectivity index (χ1) is 12.8. The zero-order chi connectivity index (χ0) is 19.5. The van der Waals surface area contributed by atoms with Crippen LogP contribution in [0.4, 0.5) is 18.9 Å². The Labute approximate surface area is 154 Å². The van der Waals surface area contributed by atoms with Gasteiger partial charge in [0.2, 0.25) is 0 Å². The zero-order valence-electron chi connectivity index (χ0n) is 14.1. The Balaban J connectivity index is 2.07. The maximum Gasteiger partial charge on any atom is 0.418 e. The second-order valence-electron chi connectivity index (χ2n) is 5.94. The molecule has 0 radical (unpaired) electrons. The summed E-state index contributed by atoms with van der Waals surface area (Å²) in [4.78, 5) is 13.0. The lowest BCUT2D eigenvalue weighted by atomic mass is 9.85. The lowest BCUT2D eigenvalue weighted by molar-refractivity contribution is -0.137. The van der Waals surface area contributed by atoms with Crippen molar-refractivity contribution in [2.45, 2.75) is 11.8 Å². The van der Waals surface area contributed by atoms with Gasteiger partial charge in [-0.1, -0.05) is 72.8 Å². The van der Waals surface area contributed by atoms with E-state index in [1.807, 2.05) is 0 Å². The Hall–Kier alpha value is -3.12. The summed E-state index contributed by atoms with van der Waals surface area (Å²) < 4.78 is 39.7. The molecule has 3 rings (SSSR count). The minimum Gasteiger partial charge on any atom is -0.372 e. The molecule has 0 heterocycles. The Bertz CT molecular complexity index is 885. The molecule has 3 aromatic rings. The van der Waals surface area contributed by atoms with Crippen molar-refractivity contribution >= 4 is 11.6 Å². The van der Waals surface area contributed by atoms with E-state index in [4.69, 9.17) is 0 Å². The van der Waals surface area contributed by atoms with Gasteiger partial charge < -0.3 is 10.4 Å². The molecule has 2 N–H and O–H groups in total. The average molecular weight is 371 g/mol. The molecule has 0 aromatic heterocycles. The van der Waals surface area contributed by atoms with E-state index in [-0.39, 0.29) is 11.1 Å². The van der Waals surface area contributed by atoms with E-state index in [1.165, 1.54) is 12.1 Å². The van der Waals surface area contributed by atoms with Gasteiger partial charge in [-0.25, -0.2) is 0 Å². The first-order valence-corrected chi connectivity index (χ1v) is 8.14. The van der Waals surface area contributed by atoms with Crippen LogP contribution in [0.5, 0.6) is 0 Å². The van der Waals surface area contributed by atoms with Crippen molar-refractivity contribution in [1.29, 1.82) is 0 Å². The van der Waals surface area contributed by atoms with E-state index in [9.17, 15) is 23.1 Å². The van der Waals surface area contributed by atoms with Crippen molar-refractivity contribution in [2.75, 3.05) is 5.32 Å². The summed E-state index contributed by atoms with van der Waals surface area (Å²) in [5, 5.41) is 13.5. The third-order valence-electron chi connectivity index (χ3n) is 4.19. The zero-order valence-corrected chi connectivity index (χ0v) is 14.1. The van der Waals surface area contributed by atoms with Crippen molar-refractivity contribution in [3.05, 3.63) is 102 Å². The van der Waals surface area contributed by atoms with Gasteiger partial charge in [-0.3, -0.25) is 4.79 Å². The third kappa shape index (κ3) is 3.71. The van der Waals surface area contributed by atoms with Crippen LogP contribution in [0.2, 0.25) is 0 Å². The summed E-state index contributed by atoms with van der Waals surface area (Å²) in [7, 11) is 0. The van der Waals surface area contributed by atoms with Crippen LogP contribution in [-0.2, 0) is 16.6 Å². The van der Waals surface area contributed by atoms with Crippen LogP contribution in [0.25, 0.3) is 0 Å². The fourth-order valence-corrected chi connectivity index (χ4v) is 2.84. The highest BCUT2D eigenvalue weighted by Crippen LogP contribution is 2.36. The molecule has 138 valence electrons. The summed E-state index contributed by atoms with van der Waals surface area (Å²) in [6, 6.07) is 20.8. The van der Waals surface area contributed by atoms with Crippen molar-refractivity contribution in [3.8, 4) is 0 Å². The summed E-state index contributed by atoms with van der Waals surface area (Å²) in [5.74, 6) is -0.975. The first kappa shape index (κ1) is 18.7. The normalized spacial score (nSPS) is 11.9. The first-order valence-electron chi connectivity index (χ1n) is 8.14. The van der Waals surface area contributed by atoms with Gasteiger partial charge in [0.15, 0.2) is 5.60 Å². The number of anilines is 1. The maximum absolute atomic E-state index is 13.2. The van der Waals surface area contributed by atoms with Gasteiger partial charge in [-0.15, -0.1) is 0 Å². The molecule has 0 spiro atoms. The minimum absolute atomic E-state index is 0.248. The highest BCUT2D eigenvalue weighted by Gasteiger charge is 2.41. The fourth-order valence-electron chi connectivity index (χ4n) is 2.84. The van der Waals surface area contributed by atoms with E-state index in [0.717, 1.165) is 12.1 Å². The molecule has 0 bridgehead atoms. The molecule has 3 aromatic carbocycles. The number of hydrogen-bond donors (Lipinski definition) is 2. The molecule has 0 aliphatic rings. The van der Waals surface area contributed by atoms with Gasteiger partial charge in [0, 0.05) is 0 Å². The largest absolute Gasteiger partial charge is 0.418 e. The molecule has 0 fully saturated rings. The van der Waals surface area contributed by atoms with Gasteiger partial charge >= 0.3 is 6.18 Å². The quantitative estimate of drug-likeness (QED) is 0.705. The standard InChI is InChI=1S/C21H16F3NO2/c22-21(23,24)17-13-7-8-14-18(17)25-19(26)20(27,15-9-3-1-4-10-15)16-11-5-2-6-12-16/h1-14,27H,(H,25,26). The monoisotopic (exact) mass is 371 g/mol. The molecule has 27 heavy (non-hydrogen) atoms. The Morgan fingerprint density at radius 1 is 0.741 bits per heavy atom. The van der Waals surface area contributed by atoms with Crippen molar-refractivity contribution < 1.29 is 23.1 Å². The number of nitrogens with one attached hydrogen (secondary N) is 1. The highest BCUT2D eigenvalue weighted by atomic mass is 19.4. The van der Waals surface area contributed by atoms with E-state index in [0.29, 0.717) is 0 Å². The predicted molar refractivity (Wildman–Crippen MR) is 96.0 cm³/mol. The second kappa shape index (κ2) is 7.25. The third-order valence-corrected chi connectivity index (χ3v) is 4.19. The lowest BCUT2D eigenvalue weighted by Gasteiger charge is -2.28. The number of amides is 1. The molecule has 0 aliphatic carbocycles. The van der Waals surface area contributed by atoms with Crippen LogP contribution in [0.1, 0.15) is 16.7 Å². The fraction of sp³-hybridized carbons (Fsp3) is 0.0952. The van der Waals surface area contributed by atoms with Gasteiger partial charge in [-0.2, -0.15) is 13.2 Å². The molecule has 0 atom stereocenters. The molecule has 0 unspecified atom stereocenters. The van der Waals surface area contributed by atoms with Crippen LogP contribution < -0.4 is 5.32 Å². The van der Waals surface area contributed by atoms with Gasteiger partial charge in [0.1, 0.15) is 0 Å². The summed E-state index contributed by atoms with van der Waals surface area (Å²) in [6.07, 6.45) is -4.64. The second-order valence-corrected chi connectivity index (χ2v) is 5.94. The molecule has 0 saturated carbocycles. The number of rotatable bonds is 4. The van der Waals surface area contributed by atoms with E-state index in [1.54, 1.807) is 60.7 Å². The minimum atomic E-state index is -4.64. The Kier molecular flexibility index (Phi) is 5.01. The molecular formula is C21H16F3NO2. The number of alkyl halides is 3. The lowest BCUT2D eigenvalue weighted by Crippen LogP contribution is -2.41. The number of para-hydroxylation sites is 1. The van der Waals surface area contributed by atoms with Crippen LogP contribution in [0, 0.1) is 0 Å². The van der Waals surface area contributed by atoms with Crippen LogP contribution in [0.15, 0.2) is 84.9 Å². The highest BCUT2D eigenvalue weighted by molar-refractivity contribution is 6.00. The van der Waals surface area contributed by atoms with Crippen LogP contribution in [-0.4, -0.2) is 11.0 Å². The molecule has 3 nitrogen and oxygen atoms in total. The molecule has 0 saturated heterocycles. The van der Waals surface area contributed by atoms with Crippen molar-refractivity contribution in [3.63, 3.8) is 0 Å². The topological polar surface area (TPSA) is 49.3 Å². The maximum atomic E-state index is 13.2. The molecular weight excluding hydrogens is 355 g/mol. The van der Waals surface area contributed by atoms with E-state index >= 15 is 0 Å². The van der Waals surface area contributed by atoms with Gasteiger partial charge in [0.05, 0.1) is 11.3 Å². The van der Waals surface area contributed by atoms with Gasteiger partial charge in [-0.05, 0) is 23.3 Å². The Morgan fingerprint density at radius 2 is 1.19 bits per heavy atom. The van der Waals surface area contributed by atoms with E-state index in [2.05, 4.69) is 5.32 Å². The smallest absolute Gasteiger partial charge is 0.372 e. The van der Waals surface area contributed by atoms with Gasteiger partial charge in [0.25, 0.3) is 5.91 Å². The average Bonchev–Trinajstić information content (AvgIpc) is 2.68. The summed E-state index contributed by atoms with van der Waals surface area (Å²) in [5.41, 5.74) is -3.06. The summed E-state index contributed by atoms with van der Waals surface area (Å²) >= 11 is 0.